The maximum Gasteiger partial charge on any atom is 0.250 e. The first-order valence-corrected chi connectivity index (χ1v) is 3.42. The molecule has 5 heteroatoms. The van der Waals surface area contributed by atoms with Crippen molar-refractivity contribution in [2.24, 2.45) is 0 Å². The van der Waals surface area contributed by atoms with Crippen LogP contribution in [-0.4, -0.2) is 22.6 Å². The lowest BCUT2D eigenvalue weighted by Crippen LogP contribution is -2.35. The molecule has 5 nitrogen and oxygen atoms in total. The second kappa shape index (κ2) is 3.13. The molecular weight excluding hydrogens is 160 g/mol. The second-order valence-electron chi connectivity index (χ2n) is 2.35. The Bertz CT molecular complexity index is 274. The molecule has 0 spiro atoms. The summed E-state index contributed by atoms with van der Waals surface area (Å²) in [4.78, 5) is 33.2. The standard InChI is InChI=1S/C7H6N2O3/c8-4-3-7(12)9-5(10)1-2-6(9)11/h1-3H2. The Kier molecular flexibility index (Phi) is 2.19. The highest BCUT2D eigenvalue weighted by Gasteiger charge is 2.33. The third-order valence-electron chi connectivity index (χ3n) is 1.53. The van der Waals surface area contributed by atoms with Crippen LogP contribution in [0.3, 0.4) is 0 Å². The number of nitrogens with zero attached hydrogens (tertiary/aromatic N) is 2. The predicted molar refractivity (Wildman–Crippen MR) is 36.3 cm³/mol. The van der Waals surface area contributed by atoms with Crippen LogP contribution in [0.1, 0.15) is 19.3 Å². The maximum absolute atomic E-state index is 10.9. The lowest BCUT2D eigenvalue weighted by atomic mass is 10.4. The van der Waals surface area contributed by atoms with E-state index in [0.29, 0.717) is 4.90 Å². The van der Waals surface area contributed by atoms with Gasteiger partial charge in [0.05, 0.1) is 6.07 Å². The monoisotopic (exact) mass is 166 g/mol. The van der Waals surface area contributed by atoms with Gasteiger partial charge < -0.3 is 0 Å². The van der Waals surface area contributed by atoms with Gasteiger partial charge in [0.15, 0.2) is 0 Å². The number of imide groups is 3. The van der Waals surface area contributed by atoms with Gasteiger partial charge in [0.25, 0.3) is 0 Å². The van der Waals surface area contributed by atoms with Gasteiger partial charge in [0.2, 0.25) is 17.7 Å². The topological polar surface area (TPSA) is 78.2 Å². The van der Waals surface area contributed by atoms with Crippen LogP contribution < -0.4 is 0 Å². The molecule has 62 valence electrons. The Labute approximate surface area is 68.6 Å². The fraction of sp³-hybridized carbons (Fsp3) is 0.429. The summed E-state index contributed by atoms with van der Waals surface area (Å²) < 4.78 is 0. The Balaban J connectivity index is 2.74. The van der Waals surface area contributed by atoms with Crippen molar-refractivity contribution in [3.8, 4) is 6.07 Å². The van der Waals surface area contributed by atoms with Crippen molar-refractivity contribution in [2.45, 2.75) is 19.3 Å². The first kappa shape index (κ1) is 8.40. The van der Waals surface area contributed by atoms with Crippen molar-refractivity contribution in [3.63, 3.8) is 0 Å². The van der Waals surface area contributed by atoms with Crippen LogP contribution in [-0.2, 0) is 14.4 Å². The van der Waals surface area contributed by atoms with E-state index in [2.05, 4.69) is 0 Å². The molecule has 0 unspecified atom stereocenters. The zero-order chi connectivity index (χ0) is 9.14. The number of hydrogen-bond acceptors (Lipinski definition) is 4. The average molecular weight is 166 g/mol. The van der Waals surface area contributed by atoms with Crippen LogP contribution in [0.2, 0.25) is 0 Å². The molecule has 0 atom stereocenters. The summed E-state index contributed by atoms with van der Waals surface area (Å²) in [6.45, 7) is 0. The molecule has 0 bridgehead atoms. The molecule has 0 aromatic carbocycles. The molecule has 0 radical (unpaired) electrons. The molecule has 0 N–H and O–H groups in total. The van der Waals surface area contributed by atoms with E-state index in [1.165, 1.54) is 0 Å². The van der Waals surface area contributed by atoms with Gasteiger partial charge in [-0.05, 0) is 0 Å². The summed E-state index contributed by atoms with van der Waals surface area (Å²) in [7, 11) is 0. The Morgan fingerprint density at radius 2 is 1.92 bits per heavy atom. The van der Waals surface area contributed by atoms with Gasteiger partial charge >= 0.3 is 0 Å². The summed E-state index contributed by atoms with van der Waals surface area (Å²) in [6.07, 6.45) is -0.260. The SMILES string of the molecule is N#CCC(=O)N1C(=O)CCC1=O. The minimum absolute atomic E-state index is 0.0794. The van der Waals surface area contributed by atoms with Crippen molar-refractivity contribution in [1.29, 1.82) is 5.26 Å². The van der Waals surface area contributed by atoms with Crippen LogP contribution in [0.5, 0.6) is 0 Å². The van der Waals surface area contributed by atoms with E-state index in [0.717, 1.165) is 0 Å². The summed E-state index contributed by atoms with van der Waals surface area (Å²) in [5.74, 6) is -1.72. The third kappa shape index (κ3) is 1.32. The smallest absolute Gasteiger partial charge is 0.250 e. The number of carbonyl (C=O) groups is 3. The quantitative estimate of drug-likeness (QED) is 0.495. The molecule has 0 saturated carbocycles. The molecule has 1 fully saturated rings. The summed E-state index contributed by atoms with van der Waals surface area (Å²) in [5, 5.41) is 8.15. The lowest BCUT2D eigenvalue weighted by molar-refractivity contribution is -0.148. The minimum atomic E-state index is -0.718. The van der Waals surface area contributed by atoms with E-state index in [1.54, 1.807) is 6.07 Å². The fourth-order valence-electron chi connectivity index (χ4n) is 1.00. The van der Waals surface area contributed by atoms with Gasteiger partial charge in [-0.15, -0.1) is 0 Å². The van der Waals surface area contributed by atoms with E-state index in [9.17, 15) is 14.4 Å². The van der Waals surface area contributed by atoms with Crippen molar-refractivity contribution in [2.75, 3.05) is 0 Å². The van der Waals surface area contributed by atoms with E-state index in [4.69, 9.17) is 5.26 Å². The van der Waals surface area contributed by atoms with E-state index >= 15 is 0 Å². The highest BCUT2D eigenvalue weighted by atomic mass is 16.2. The highest BCUT2D eigenvalue weighted by Crippen LogP contribution is 2.12. The zero-order valence-corrected chi connectivity index (χ0v) is 6.24. The van der Waals surface area contributed by atoms with Gasteiger partial charge in [-0.3, -0.25) is 14.4 Å². The average Bonchev–Trinajstić information content (AvgIpc) is 2.32. The molecule has 1 aliphatic rings. The Hall–Kier alpha value is -1.70. The molecule has 1 rings (SSSR count). The third-order valence-corrected chi connectivity index (χ3v) is 1.53. The highest BCUT2D eigenvalue weighted by molar-refractivity contribution is 6.15. The van der Waals surface area contributed by atoms with Crippen molar-refractivity contribution < 1.29 is 14.4 Å². The van der Waals surface area contributed by atoms with Gasteiger partial charge in [-0.2, -0.15) is 5.26 Å². The van der Waals surface area contributed by atoms with Crippen molar-refractivity contribution in [1.82, 2.24) is 4.90 Å². The predicted octanol–water partition coefficient (Wildman–Crippen LogP) is -0.424. The molecule has 0 aliphatic carbocycles. The first-order valence-electron chi connectivity index (χ1n) is 3.42. The van der Waals surface area contributed by atoms with Gasteiger partial charge in [-0.25, -0.2) is 4.90 Å². The normalized spacial score (nSPS) is 16.4. The zero-order valence-electron chi connectivity index (χ0n) is 6.24. The molecule has 1 heterocycles. The van der Waals surface area contributed by atoms with Crippen LogP contribution in [0, 0.1) is 11.3 Å². The van der Waals surface area contributed by atoms with Crippen molar-refractivity contribution in [3.05, 3.63) is 0 Å². The molecule has 0 aromatic rings. The largest absolute Gasteiger partial charge is 0.274 e. The summed E-state index contributed by atoms with van der Waals surface area (Å²) in [6, 6.07) is 1.59. The summed E-state index contributed by atoms with van der Waals surface area (Å²) in [5.41, 5.74) is 0. The number of amides is 3. The first-order chi connectivity index (χ1) is 5.66. The molecular formula is C7H6N2O3. The number of carbonyl (C=O) groups excluding carboxylic acids is 3. The van der Waals surface area contributed by atoms with Crippen molar-refractivity contribution >= 4 is 17.7 Å². The summed E-state index contributed by atoms with van der Waals surface area (Å²) >= 11 is 0. The number of nitriles is 1. The lowest BCUT2D eigenvalue weighted by Gasteiger charge is -2.07. The minimum Gasteiger partial charge on any atom is -0.274 e. The molecule has 12 heavy (non-hydrogen) atoms. The van der Waals surface area contributed by atoms with Crippen LogP contribution >= 0.6 is 0 Å². The van der Waals surface area contributed by atoms with E-state index in [-0.39, 0.29) is 12.8 Å². The number of hydrogen-bond donors (Lipinski definition) is 0. The molecule has 1 saturated heterocycles. The van der Waals surface area contributed by atoms with Crippen LogP contribution in [0.15, 0.2) is 0 Å². The number of likely N-dealkylation sites (tertiary alicyclic amines) is 1. The second-order valence-corrected chi connectivity index (χ2v) is 2.35. The number of rotatable bonds is 1. The molecule has 1 aliphatic heterocycles. The maximum atomic E-state index is 10.9. The van der Waals surface area contributed by atoms with E-state index < -0.39 is 24.1 Å². The van der Waals surface area contributed by atoms with E-state index in [1.807, 2.05) is 0 Å². The van der Waals surface area contributed by atoms with Gasteiger partial charge in [0.1, 0.15) is 6.42 Å². The van der Waals surface area contributed by atoms with Crippen LogP contribution in [0.4, 0.5) is 0 Å². The molecule has 3 amide bonds. The van der Waals surface area contributed by atoms with Gasteiger partial charge in [-0.1, -0.05) is 0 Å². The van der Waals surface area contributed by atoms with Crippen LogP contribution in [0.25, 0.3) is 0 Å². The Morgan fingerprint density at radius 1 is 1.42 bits per heavy atom. The fourth-order valence-corrected chi connectivity index (χ4v) is 1.00. The van der Waals surface area contributed by atoms with Gasteiger partial charge in [0, 0.05) is 12.8 Å². The molecule has 0 aromatic heterocycles. The Morgan fingerprint density at radius 3 is 2.33 bits per heavy atom.